The Morgan fingerprint density at radius 3 is 2.64 bits per heavy atom. The molecule has 0 saturated carbocycles. The normalized spacial score (nSPS) is 13.5. The molecular formula is C10H21N. The van der Waals surface area contributed by atoms with E-state index in [9.17, 15) is 0 Å². The lowest BCUT2D eigenvalue weighted by Crippen LogP contribution is -2.24. The number of rotatable bonds is 6. The van der Waals surface area contributed by atoms with Gasteiger partial charge in [-0.2, -0.15) is 0 Å². The third-order valence-corrected chi connectivity index (χ3v) is 1.90. The van der Waals surface area contributed by atoms with Crippen molar-refractivity contribution in [1.82, 2.24) is 4.90 Å². The van der Waals surface area contributed by atoms with Gasteiger partial charge >= 0.3 is 0 Å². The molecule has 0 aliphatic rings. The summed E-state index contributed by atoms with van der Waals surface area (Å²) in [5, 5.41) is 0. The van der Waals surface area contributed by atoms with Crippen LogP contribution in [-0.2, 0) is 0 Å². The minimum Gasteiger partial charge on any atom is -0.306 e. The quantitative estimate of drug-likeness (QED) is 0.533. The first-order valence-corrected chi connectivity index (χ1v) is 4.51. The van der Waals surface area contributed by atoms with Crippen LogP contribution in [0.5, 0.6) is 0 Å². The van der Waals surface area contributed by atoms with Crippen molar-refractivity contribution in [3.8, 4) is 0 Å². The van der Waals surface area contributed by atoms with Crippen LogP contribution in [0.2, 0.25) is 0 Å². The van der Waals surface area contributed by atoms with Crippen LogP contribution in [0.3, 0.4) is 0 Å². The molecule has 0 saturated heterocycles. The molecule has 0 spiro atoms. The van der Waals surface area contributed by atoms with Crippen LogP contribution in [-0.4, -0.2) is 25.0 Å². The highest BCUT2D eigenvalue weighted by atomic mass is 15.1. The maximum Gasteiger partial charge on any atom is 0.00385 e. The fourth-order valence-electron chi connectivity index (χ4n) is 1.09. The van der Waals surface area contributed by atoms with Gasteiger partial charge in [-0.1, -0.05) is 26.3 Å². The van der Waals surface area contributed by atoms with Crippen LogP contribution < -0.4 is 0 Å². The molecule has 0 aromatic carbocycles. The summed E-state index contributed by atoms with van der Waals surface area (Å²) in [6, 6.07) is 0. The smallest absolute Gasteiger partial charge is 0.00385 e. The Bertz CT molecular complexity index is 99.0. The van der Waals surface area contributed by atoms with E-state index in [0.29, 0.717) is 5.92 Å². The Labute approximate surface area is 71.1 Å². The van der Waals surface area contributed by atoms with Crippen LogP contribution in [0.1, 0.15) is 26.7 Å². The third-order valence-electron chi connectivity index (χ3n) is 1.90. The fraction of sp³-hybridized carbons (Fsp3) is 0.800. The highest BCUT2D eigenvalue weighted by molar-refractivity contribution is 4.76. The SMILES string of the molecule is C=CC(C)CN(C)CCCC. The molecule has 1 nitrogen and oxygen atoms in total. The second-order valence-corrected chi connectivity index (χ2v) is 3.33. The summed E-state index contributed by atoms with van der Waals surface area (Å²) < 4.78 is 0. The van der Waals surface area contributed by atoms with E-state index in [1.165, 1.54) is 19.4 Å². The summed E-state index contributed by atoms with van der Waals surface area (Å²) in [4.78, 5) is 2.37. The molecule has 11 heavy (non-hydrogen) atoms. The Morgan fingerprint density at radius 1 is 1.55 bits per heavy atom. The van der Waals surface area contributed by atoms with Crippen LogP contribution in [0.4, 0.5) is 0 Å². The predicted molar refractivity (Wildman–Crippen MR) is 51.8 cm³/mol. The van der Waals surface area contributed by atoms with Gasteiger partial charge in [0, 0.05) is 6.54 Å². The van der Waals surface area contributed by atoms with Crippen molar-refractivity contribution in [3.63, 3.8) is 0 Å². The van der Waals surface area contributed by atoms with E-state index in [0.717, 1.165) is 6.54 Å². The summed E-state index contributed by atoms with van der Waals surface area (Å²) in [5.41, 5.74) is 0. The van der Waals surface area contributed by atoms with Crippen molar-refractivity contribution in [2.45, 2.75) is 26.7 Å². The minimum atomic E-state index is 0.622. The van der Waals surface area contributed by atoms with E-state index in [1.807, 2.05) is 6.08 Å². The largest absolute Gasteiger partial charge is 0.306 e. The van der Waals surface area contributed by atoms with Gasteiger partial charge < -0.3 is 4.90 Å². The van der Waals surface area contributed by atoms with Gasteiger partial charge in [0.25, 0.3) is 0 Å². The summed E-state index contributed by atoms with van der Waals surface area (Å²) in [6.45, 7) is 10.6. The van der Waals surface area contributed by atoms with Gasteiger partial charge in [-0.05, 0) is 25.9 Å². The predicted octanol–water partition coefficient (Wildman–Crippen LogP) is 2.54. The lowest BCUT2D eigenvalue weighted by atomic mass is 10.1. The van der Waals surface area contributed by atoms with Gasteiger partial charge in [0.2, 0.25) is 0 Å². The van der Waals surface area contributed by atoms with Crippen LogP contribution in [0, 0.1) is 5.92 Å². The molecule has 1 heteroatoms. The number of hydrogen-bond acceptors (Lipinski definition) is 1. The molecule has 0 aliphatic carbocycles. The summed E-state index contributed by atoms with van der Waals surface area (Å²) in [5.74, 6) is 0.622. The monoisotopic (exact) mass is 155 g/mol. The zero-order valence-electron chi connectivity index (χ0n) is 8.14. The minimum absolute atomic E-state index is 0.622. The lowest BCUT2D eigenvalue weighted by molar-refractivity contribution is 0.303. The first-order chi connectivity index (χ1) is 5.20. The van der Waals surface area contributed by atoms with Crippen molar-refractivity contribution in [2.24, 2.45) is 5.92 Å². The van der Waals surface area contributed by atoms with Crippen molar-refractivity contribution in [2.75, 3.05) is 20.1 Å². The summed E-state index contributed by atoms with van der Waals surface area (Å²) in [6.07, 6.45) is 4.61. The van der Waals surface area contributed by atoms with Gasteiger partial charge in [0.05, 0.1) is 0 Å². The molecule has 66 valence electrons. The zero-order valence-corrected chi connectivity index (χ0v) is 8.14. The second-order valence-electron chi connectivity index (χ2n) is 3.33. The van der Waals surface area contributed by atoms with Gasteiger partial charge in [0.1, 0.15) is 0 Å². The van der Waals surface area contributed by atoms with Gasteiger partial charge in [0.15, 0.2) is 0 Å². The Balaban J connectivity index is 3.34. The van der Waals surface area contributed by atoms with Crippen LogP contribution >= 0.6 is 0 Å². The Kier molecular flexibility index (Phi) is 6.24. The molecule has 1 unspecified atom stereocenters. The molecule has 0 N–H and O–H groups in total. The Morgan fingerprint density at radius 2 is 2.18 bits per heavy atom. The van der Waals surface area contributed by atoms with Gasteiger partial charge in [-0.3, -0.25) is 0 Å². The molecule has 0 aromatic rings. The molecule has 0 heterocycles. The van der Waals surface area contributed by atoms with Crippen molar-refractivity contribution < 1.29 is 0 Å². The van der Waals surface area contributed by atoms with E-state index in [2.05, 4.69) is 32.4 Å². The molecule has 0 rings (SSSR count). The molecule has 0 fully saturated rings. The maximum absolute atomic E-state index is 3.77. The highest BCUT2D eigenvalue weighted by Gasteiger charge is 2.00. The van der Waals surface area contributed by atoms with E-state index in [4.69, 9.17) is 0 Å². The topological polar surface area (TPSA) is 3.24 Å². The van der Waals surface area contributed by atoms with E-state index in [1.54, 1.807) is 0 Å². The number of hydrogen-bond donors (Lipinski definition) is 0. The molecule has 0 bridgehead atoms. The number of nitrogens with zero attached hydrogens (tertiary/aromatic N) is 1. The van der Waals surface area contributed by atoms with Crippen LogP contribution in [0.25, 0.3) is 0 Å². The first kappa shape index (κ1) is 10.7. The maximum atomic E-state index is 3.77. The van der Waals surface area contributed by atoms with Gasteiger partial charge in [-0.25, -0.2) is 0 Å². The fourth-order valence-corrected chi connectivity index (χ4v) is 1.09. The summed E-state index contributed by atoms with van der Waals surface area (Å²) in [7, 11) is 2.18. The Hall–Kier alpha value is -0.300. The molecule has 0 aromatic heterocycles. The average Bonchev–Trinajstić information content (AvgIpc) is 2.00. The van der Waals surface area contributed by atoms with Crippen molar-refractivity contribution in [1.29, 1.82) is 0 Å². The average molecular weight is 155 g/mol. The highest BCUT2D eigenvalue weighted by Crippen LogP contribution is 1.99. The van der Waals surface area contributed by atoms with E-state index in [-0.39, 0.29) is 0 Å². The van der Waals surface area contributed by atoms with Crippen LogP contribution in [0.15, 0.2) is 12.7 Å². The van der Waals surface area contributed by atoms with Crippen molar-refractivity contribution >= 4 is 0 Å². The van der Waals surface area contributed by atoms with E-state index >= 15 is 0 Å². The third kappa shape index (κ3) is 6.11. The zero-order chi connectivity index (χ0) is 8.69. The van der Waals surface area contributed by atoms with Crippen molar-refractivity contribution in [3.05, 3.63) is 12.7 Å². The van der Waals surface area contributed by atoms with Gasteiger partial charge in [-0.15, -0.1) is 6.58 Å². The first-order valence-electron chi connectivity index (χ1n) is 4.51. The molecule has 0 amide bonds. The summed E-state index contributed by atoms with van der Waals surface area (Å²) >= 11 is 0. The molecular weight excluding hydrogens is 134 g/mol. The van der Waals surface area contributed by atoms with E-state index < -0.39 is 0 Å². The standard InChI is InChI=1S/C10H21N/c1-5-7-8-11(4)9-10(3)6-2/h6,10H,2,5,7-9H2,1,3-4H3. The molecule has 1 atom stereocenters. The second kappa shape index (κ2) is 6.41. The molecule has 0 aliphatic heterocycles. The molecule has 0 radical (unpaired) electrons. The lowest BCUT2D eigenvalue weighted by Gasteiger charge is -2.18. The number of unbranched alkanes of at least 4 members (excludes halogenated alkanes) is 1.